The van der Waals surface area contributed by atoms with Gasteiger partial charge < -0.3 is 5.11 Å². The van der Waals surface area contributed by atoms with Crippen molar-refractivity contribution in [3.63, 3.8) is 0 Å². The van der Waals surface area contributed by atoms with Crippen molar-refractivity contribution in [2.45, 2.75) is 39.5 Å². The molecule has 0 heterocycles. The minimum atomic E-state index is -0.752. The van der Waals surface area contributed by atoms with Crippen LogP contribution in [0, 0.1) is 0 Å². The van der Waals surface area contributed by atoms with Gasteiger partial charge in [0.05, 0.1) is 5.92 Å². The maximum Gasteiger partial charge on any atom is 0.310 e. The molecule has 1 aromatic carbocycles. The topological polar surface area (TPSA) is 37.3 Å². The molecule has 1 aromatic rings. The first-order valence-electron chi connectivity index (χ1n) is 5.45. The van der Waals surface area contributed by atoms with E-state index in [0.29, 0.717) is 0 Å². The highest BCUT2D eigenvalue weighted by Crippen LogP contribution is 2.24. The Kier molecular flexibility index (Phi) is 6.12. The van der Waals surface area contributed by atoms with Crippen LogP contribution in [-0.4, -0.2) is 11.1 Å². The Morgan fingerprint density at radius 3 is 2.38 bits per heavy atom. The third-order valence-corrected chi connectivity index (χ3v) is 2.88. The second-order valence-corrected chi connectivity index (χ2v) is 3.75. The van der Waals surface area contributed by atoms with Gasteiger partial charge in [-0.05, 0) is 36.5 Å². The van der Waals surface area contributed by atoms with E-state index in [0.717, 1.165) is 18.4 Å². The standard InChI is InChI=1S/C13H18O2.ClH/c1-4-10-7-6-8-12(11(10)5-2)9(3)13(14)15;/h6-9H,4-5H2,1-3H3,(H,14,15);1H. The Hall–Kier alpha value is -1.02. The van der Waals surface area contributed by atoms with Gasteiger partial charge in [-0.2, -0.15) is 0 Å². The highest BCUT2D eigenvalue weighted by atomic mass is 35.5. The van der Waals surface area contributed by atoms with Crippen molar-refractivity contribution in [2.75, 3.05) is 0 Å². The van der Waals surface area contributed by atoms with Crippen LogP contribution in [0.3, 0.4) is 0 Å². The average molecular weight is 243 g/mol. The molecule has 2 nitrogen and oxygen atoms in total. The molecule has 0 amide bonds. The summed E-state index contributed by atoms with van der Waals surface area (Å²) in [4.78, 5) is 11.0. The molecule has 0 spiro atoms. The van der Waals surface area contributed by atoms with Gasteiger partial charge in [-0.3, -0.25) is 4.79 Å². The molecule has 0 saturated heterocycles. The SMILES string of the molecule is CCc1cccc(C(C)C(=O)O)c1CC.Cl. The predicted molar refractivity (Wildman–Crippen MR) is 68.5 cm³/mol. The third-order valence-electron chi connectivity index (χ3n) is 2.88. The van der Waals surface area contributed by atoms with Gasteiger partial charge in [-0.15, -0.1) is 12.4 Å². The van der Waals surface area contributed by atoms with Crippen molar-refractivity contribution in [1.29, 1.82) is 0 Å². The minimum Gasteiger partial charge on any atom is -0.481 e. The number of carbonyl (C=O) groups is 1. The molecular weight excluding hydrogens is 224 g/mol. The third kappa shape index (κ3) is 2.99. The Morgan fingerprint density at radius 1 is 1.31 bits per heavy atom. The van der Waals surface area contributed by atoms with Crippen molar-refractivity contribution >= 4 is 18.4 Å². The molecule has 0 bridgehead atoms. The minimum absolute atomic E-state index is 0. The number of hydrogen-bond acceptors (Lipinski definition) is 1. The Labute approximate surface area is 103 Å². The lowest BCUT2D eigenvalue weighted by Crippen LogP contribution is -2.11. The molecule has 90 valence electrons. The second-order valence-electron chi connectivity index (χ2n) is 3.75. The summed E-state index contributed by atoms with van der Waals surface area (Å²) >= 11 is 0. The Morgan fingerprint density at radius 2 is 1.94 bits per heavy atom. The van der Waals surface area contributed by atoms with Gasteiger partial charge in [0.1, 0.15) is 0 Å². The summed E-state index contributed by atoms with van der Waals surface area (Å²) < 4.78 is 0. The highest BCUT2D eigenvalue weighted by Gasteiger charge is 2.17. The van der Waals surface area contributed by atoms with E-state index >= 15 is 0 Å². The number of aliphatic carboxylic acids is 1. The van der Waals surface area contributed by atoms with Gasteiger partial charge in [0.15, 0.2) is 0 Å². The zero-order valence-corrected chi connectivity index (χ0v) is 10.8. The van der Waals surface area contributed by atoms with E-state index in [9.17, 15) is 4.79 Å². The van der Waals surface area contributed by atoms with E-state index in [2.05, 4.69) is 19.9 Å². The lowest BCUT2D eigenvalue weighted by Gasteiger charge is -2.15. The molecule has 0 aromatic heterocycles. The molecule has 1 atom stereocenters. The fraction of sp³-hybridized carbons (Fsp3) is 0.462. The summed E-state index contributed by atoms with van der Waals surface area (Å²) in [5.41, 5.74) is 3.43. The quantitative estimate of drug-likeness (QED) is 0.879. The van der Waals surface area contributed by atoms with Gasteiger partial charge in [0.25, 0.3) is 0 Å². The van der Waals surface area contributed by atoms with Gasteiger partial charge >= 0.3 is 5.97 Å². The molecule has 0 aliphatic heterocycles. The van der Waals surface area contributed by atoms with Crippen molar-refractivity contribution < 1.29 is 9.90 Å². The second kappa shape index (κ2) is 6.54. The molecule has 0 aliphatic carbocycles. The van der Waals surface area contributed by atoms with Crippen molar-refractivity contribution in [2.24, 2.45) is 0 Å². The molecule has 1 N–H and O–H groups in total. The number of aryl methyl sites for hydroxylation is 1. The van der Waals surface area contributed by atoms with E-state index in [1.165, 1.54) is 11.1 Å². The first kappa shape index (κ1) is 15.0. The molecule has 1 unspecified atom stereocenters. The van der Waals surface area contributed by atoms with Crippen molar-refractivity contribution in [1.82, 2.24) is 0 Å². The zero-order chi connectivity index (χ0) is 11.4. The van der Waals surface area contributed by atoms with Crippen molar-refractivity contribution in [3.05, 3.63) is 34.9 Å². The van der Waals surface area contributed by atoms with Crippen molar-refractivity contribution in [3.8, 4) is 0 Å². The van der Waals surface area contributed by atoms with Crippen LogP contribution in [0.1, 0.15) is 43.4 Å². The summed E-state index contributed by atoms with van der Waals surface area (Å²) in [6.45, 7) is 5.92. The summed E-state index contributed by atoms with van der Waals surface area (Å²) in [6.07, 6.45) is 1.86. The first-order chi connectivity index (χ1) is 7.11. The number of hydrogen-bond donors (Lipinski definition) is 1. The molecule has 0 saturated carbocycles. The van der Waals surface area contributed by atoms with Gasteiger partial charge in [0.2, 0.25) is 0 Å². The maximum atomic E-state index is 11.0. The average Bonchev–Trinajstić information content (AvgIpc) is 2.26. The smallest absolute Gasteiger partial charge is 0.310 e. The van der Waals surface area contributed by atoms with Gasteiger partial charge in [-0.1, -0.05) is 32.0 Å². The van der Waals surface area contributed by atoms with E-state index in [1.807, 2.05) is 12.1 Å². The first-order valence-corrected chi connectivity index (χ1v) is 5.45. The lowest BCUT2D eigenvalue weighted by molar-refractivity contribution is -0.138. The molecular formula is C13H19ClO2. The van der Waals surface area contributed by atoms with E-state index < -0.39 is 11.9 Å². The molecule has 3 heteroatoms. The van der Waals surface area contributed by atoms with E-state index in [-0.39, 0.29) is 12.4 Å². The van der Waals surface area contributed by atoms with Crippen LogP contribution in [0.5, 0.6) is 0 Å². The number of rotatable bonds is 4. The number of carboxylic acids is 1. The number of halogens is 1. The summed E-state index contributed by atoms with van der Waals surface area (Å²) in [6, 6.07) is 5.96. The van der Waals surface area contributed by atoms with Crippen LogP contribution in [0.15, 0.2) is 18.2 Å². The summed E-state index contributed by atoms with van der Waals surface area (Å²) in [5, 5.41) is 9.02. The Balaban J connectivity index is 0.00000225. The van der Waals surface area contributed by atoms with Crippen LogP contribution in [0.4, 0.5) is 0 Å². The molecule has 16 heavy (non-hydrogen) atoms. The Bertz CT molecular complexity index is 361. The van der Waals surface area contributed by atoms with E-state index in [1.54, 1.807) is 6.92 Å². The van der Waals surface area contributed by atoms with Crippen LogP contribution >= 0.6 is 12.4 Å². The van der Waals surface area contributed by atoms with Crippen LogP contribution in [0.2, 0.25) is 0 Å². The van der Waals surface area contributed by atoms with Gasteiger partial charge in [0, 0.05) is 0 Å². The van der Waals surface area contributed by atoms with Crippen LogP contribution < -0.4 is 0 Å². The van der Waals surface area contributed by atoms with Gasteiger partial charge in [-0.25, -0.2) is 0 Å². The summed E-state index contributed by atoms with van der Waals surface area (Å²) in [5.74, 6) is -1.16. The zero-order valence-electron chi connectivity index (χ0n) is 9.99. The normalized spacial score (nSPS) is 11.7. The predicted octanol–water partition coefficient (Wildman–Crippen LogP) is 3.42. The van der Waals surface area contributed by atoms with Crippen LogP contribution in [0.25, 0.3) is 0 Å². The molecule has 0 radical (unpaired) electrons. The summed E-state index contributed by atoms with van der Waals surface area (Å²) in [7, 11) is 0. The molecule has 1 rings (SSSR count). The maximum absolute atomic E-state index is 11.0. The monoisotopic (exact) mass is 242 g/mol. The number of benzene rings is 1. The molecule has 0 aliphatic rings. The fourth-order valence-corrected chi connectivity index (χ4v) is 1.96. The fourth-order valence-electron chi connectivity index (χ4n) is 1.96. The van der Waals surface area contributed by atoms with Crippen LogP contribution in [-0.2, 0) is 17.6 Å². The largest absolute Gasteiger partial charge is 0.481 e. The number of carboxylic acid groups (broad SMARTS) is 1. The molecule has 0 fully saturated rings. The highest BCUT2D eigenvalue weighted by molar-refractivity contribution is 5.85. The van der Waals surface area contributed by atoms with E-state index in [4.69, 9.17) is 5.11 Å². The lowest BCUT2D eigenvalue weighted by atomic mass is 9.90.